The molecular weight excluding hydrogens is 511 g/mol. The molecule has 198 valence electrons. The van der Waals surface area contributed by atoms with E-state index in [2.05, 4.69) is 13.8 Å². The number of hydrogen-bond acceptors (Lipinski definition) is 3. The van der Waals surface area contributed by atoms with E-state index in [0.29, 0.717) is 48.9 Å². The zero-order valence-electron chi connectivity index (χ0n) is 21.3. The summed E-state index contributed by atoms with van der Waals surface area (Å²) in [5.74, 6) is -1.21. The van der Waals surface area contributed by atoms with Crippen molar-refractivity contribution in [1.29, 1.82) is 0 Å². The van der Waals surface area contributed by atoms with E-state index in [9.17, 15) is 14.4 Å². The van der Waals surface area contributed by atoms with Gasteiger partial charge in [0.2, 0.25) is 11.8 Å². The van der Waals surface area contributed by atoms with Crippen LogP contribution in [0.2, 0.25) is 10.0 Å². The second-order valence-electron chi connectivity index (χ2n) is 10.7. The molecule has 0 aliphatic carbocycles. The quantitative estimate of drug-likeness (QED) is 0.477. The monoisotopic (exact) mass is 544 g/mol. The van der Waals surface area contributed by atoms with Gasteiger partial charge >= 0.3 is 5.97 Å². The van der Waals surface area contributed by atoms with Gasteiger partial charge in [-0.15, -0.1) is 0 Å². The molecule has 2 aliphatic rings. The number of nitrogens with zero attached hydrogens (tertiary/aromatic N) is 2. The summed E-state index contributed by atoms with van der Waals surface area (Å²) in [6.45, 7) is 5.52. The van der Waals surface area contributed by atoms with Crippen molar-refractivity contribution in [2.45, 2.75) is 51.4 Å². The van der Waals surface area contributed by atoms with Crippen molar-refractivity contribution in [2.75, 3.05) is 26.2 Å². The van der Waals surface area contributed by atoms with Crippen LogP contribution in [-0.4, -0.2) is 58.9 Å². The number of carbonyl (C=O) groups excluding carboxylic acids is 2. The first-order chi connectivity index (χ1) is 17.6. The van der Waals surface area contributed by atoms with Crippen molar-refractivity contribution in [3.63, 3.8) is 0 Å². The average Bonchev–Trinajstić information content (AvgIpc) is 2.94. The number of aliphatic carboxylic acids is 1. The number of carboxylic acids is 1. The van der Waals surface area contributed by atoms with E-state index < -0.39 is 5.97 Å². The summed E-state index contributed by atoms with van der Waals surface area (Å²) in [5.41, 5.74) is 2.82. The van der Waals surface area contributed by atoms with E-state index in [1.165, 1.54) is 0 Å². The van der Waals surface area contributed by atoms with Gasteiger partial charge in [0.25, 0.3) is 0 Å². The standard InChI is InChI=1S/C29H34Cl2N2O4/c1-18(2)13-24-21-8-7-20(30)15-23(21)25(22-5-3-4-6-26(22)31)16-33(29(24)37)17-27(34)32-11-9-19(10-12-32)14-28(35)36/h3-8,15,18-19,24-25H,9-14,16-17H2,1-2H3,(H,35,36). The van der Waals surface area contributed by atoms with Crippen LogP contribution < -0.4 is 0 Å². The van der Waals surface area contributed by atoms with Gasteiger partial charge in [-0.3, -0.25) is 14.4 Å². The van der Waals surface area contributed by atoms with E-state index in [-0.39, 0.29) is 48.5 Å². The maximum atomic E-state index is 14.0. The Bertz CT molecular complexity index is 1160. The molecule has 2 amide bonds. The Kier molecular flexibility index (Phi) is 8.81. The zero-order valence-corrected chi connectivity index (χ0v) is 22.8. The Morgan fingerprint density at radius 1 is 1.03 bits per heavy atom. The van der Waals surface area contributed by atoms with Crippen LogP contribution in [0.5, 0.6) is 0 Å². The number of carboxylic acid groups (broad SMARTS) is 1. The minimum atomic E-state index is -0.804. The average molecular weight is 546 g/mol. The lowest BCUT2D eigenvalue weighted by atomic mass is 9.82. The highest BCUT2D eigenvalue weighted by Crippen LogP contribution is 2.42. The van der Waals surface area contributed by atoms with Crippen molar-refractivity contribution in [3.8, 4) is 0 Å². The Hall–Kier alpha value is -2.57. The van der Waals surface area contributed by atoms with E-state index in [4.69, 9.17) is 28.3 Å². The van der Waals surface area contributed by atoms with Crippen LogP contribution in [0.1, 0.15) is 68.1 Å². The third-order valence-electron chi connectivity index (χ3n) is 7.56. The fraction of sp³-hybridized carbons (Fsp3) is 0.483. The third-order valence-corrected chi connectivity index (χ3v) is 8.14. The molecule has 6 nitrogen and oxygen atoms in total. The highest BCUT2D eigenvalue weighted by molar-refractivity contribution is 6.31. The molecule has 2 heterocycles. The van der Waals surface area contributed by atoms with Gasteiger partial charge in [-0.25, -0.2) is 0 Å². The maximum absolute atomic E-state index is 14.0. The van der Waals surface area contributed by atoms with Gasteiger partial charge in [-0.2, -0.15) is 0 Å². The second-order valence-corrected chi connectivity index (χ2v) is 11.5. The molecule has 4 rings (SSSR count). The van der Waals surface area contributed by atoms with Crippen molar-refractivity contribution in [1.82, 2.24) is 9.80 Å². The fourth-order valence-electron chi connectivity index (χ4n) is 5.69. The Morgan fingerprint density at radius 3 is 2.38 bits per heavy atom. The molecular formula is C29H34Cl2N2O4. The summed E-state index contributed by atoms with van der Waals surface area (Å²) in [4.78, 5) is 41.9. The molecule has 0 radical (unpaired) electrons. The molecule has 0 aromatic heterocycles. The van der Waals surface area contributed by atoms with Crippen molar-refractivity contribution in [2.24, 2.45) is 11.8 Å². The lowest BCUT2D eigenvalue weighted by molar-refractivity contribution is -0.143. The Labute approximate surface area is 228 Å². The molecule has 1 saturated heterocycles. The first-order valence-electron chi connectivity index (χ1n) is 13.0. The number of piperidine rings is 1. The van der Waals surface area contributed by atoms with Crippen molar-refractivity contribution < 1.29 is 19.5 Å². The lowest BCUT2D eigenvalue weighted by Crippen LogP contribution is -2.47. The number of amides is 2. The summed E-state index contributed by atoms with van der Waals surface area (Å²) in [5, 5.41) is 10.3. The van der Waals surface area contributed by atoms with Gasteiger partial charge in [-0.05, 0) is 66.0 Å². The molecule has 2 aromatic carbocycles. The molecule has 0 bridgehead atoms. The van der Waals surface area contributed by atoms with E-state index in [1.54, 1.807) is 9.80 Å². The van der Waals surface area contributed by atoms with E-state index >= 15 is 0 Å². The summed E-state index contributed by atoms with van der Waals surface area (Å²) in [6, 6.07) is 13.3. The number of likely N-dealkylation sites (tertiary alicyclic amines) is 1. The molecule has 2 aromatic rings. The Balaban J connectivity index is 1.65. The van der Waals surface area contributed by atoms with Crippen LogP contribution in [0.15, 0.2) is 42.5 Å². The third kappa shape index (κ3) is 6.47. The van der Waals surface area contributed by atoms with Crippen molar-refractivity contribution in [3.05, 3.63) is 69.2 Å². The van der Waals surface area contributed by atoms with Crippen LogP contribution >= 0.6 is 23.2 Å². The fourth-order valence-corrected chi connectivity index (χ4v) is 6.14. The van der Waals surface area contributed by atoms with Gasteiger partial charge < -0.3 is 14.9 Å². The predicted molar refractivity (Wildman–Crippen MR) is 145 cm³/mol. The Morgan fingerprint density at radius 2 is 1.73 bits per heavy atom. The van der Waals surface area contributed by atoms with Gasteiger partial charge in [0.15, 0.2) is 0 Å². The number of hydrogen-bond donors (Lipinski definition) is 1. The zero-order chi connectivity index (χ0) is 26.7. The summed E-state index contributed by atoms with van der Waals surface area (Å²) in [6.07, 6.45) is 2.11. The summed E-state index contributed by atoms with van der Waals surface area (Å²) in [7, 11) is 0. The number of benzene rings is 2. The highest BCUT2D eigenvalue weighted by Gasteiger charge is 2.38. The molecule has 2 aliphatic heterocycles. The molecule has 0 spiro atoms. The maximum Gasteiger partial charge on any atom is 0.303 e. The van der Waals surface area contributed by atoms with E-state index in [1.807, 2.05) is 42.5 Å². The normalized spacial score (nSPS) is 20.6. The molecule has 2 unspecified atom stereocenters. The lowest BCUT2D eigenvalue weighted by Gasteiger charge is -2.34. The van der Waals surface area contributed by atoms with Gasteiger partial charge in [0, 0.05) is 42.0 Å². The molecule has 1 N–H and O–H groups in total. The largest absolute Gasteiger partial charge is 0.481 e. The second kappa shape index (κ2) is 11.9. The van der Waals surface area contributed by atoms with Crippen LogP contribution in [-0.2, 0) is 14.4 Å². The first kappa shape index (κ1) is 27.5. The van der Waals surface area contributed by atoms with Crippen LogP contribution in [0.4, 0.5) is 0 Å². The molecule has 1 fully saturated rings. The first-order valence-corrected chi connectivity index (χ1v) is 13.7. The molecule has 0 saturated carbocycles. The minimum Gasteiger partial charge on any atom is -0.481 e. The number of rotatable bonds is 7. The highest BCUT2D eigenvalue weighted by atomic mass is 35.5. The SMILES string of the molecule is CC(C)CC1C(=O)N(CC(=O)N2CCC(CC(=O)O)CC2)CC(c2ccccc2Cl)c2cc(Cl)ccc21. The number of fused-ring (bicyclic) bond motifs is 1. The van der Waals surface area contributed by atoms with Crippen molar-refractivity contribution >= 4 is 41.0 Å². The van der Waals surface area contributed by atoms with Crippen LogP contribution in [0.3, 0.4) is 0 Å². The number of halogens is 2. The van der Waals surface area contributed by atoms with Gasteiger partial charge in [0.05, 0.1) is 12.5 Å². The molecule has 37 heavy (non-hydrogen) atoms. The minimum absolute atomic E-state index is 0.0142. The predicted octanol–water partition coefficient (Wildman–Crippen LogP) is 5.81. The van der Waals surface area contributed by atoms with Gasteiger partial charge in [0.1, 0.15) is 0 Å². The van der Waals surface area contributed by atoms with Crippen LogP contribution in [0.25, 0.3) is 0 Å². The smallest absolute Gasteiger partial charge is 0.303 e. The summed E-state index contributed by atoms with van der Waals surface area (Å²) < 4.78 is 0. The molecule has 8 heteroatoms. The van der Waals surface area contributed by atoms with Gasteiger partial charge in [-0.1, -0.05) is 61.3 Å². The molecule has 2 atom stereocenters. The number of carbonyl (C=O) groups is 3. The summed E-state index contributed by atoms with van der Waals surface area (Å²) >= 11 is 13.1. The topological polar surface area (TPSA) is 77.9 Å². The van der Waals surface area contributed by atoms with Crippen LogP contribution in [0, 0.1) is 11.8 Å². The van der Waals surface area contributed by atoms with E-state index in [0.717, 1.165) is 16.7 Å².